The van der Waals surface area contributed by atoms with Crippen LogP contribution in [-0.2, 0) is 23.2 Å². The number of methoxy groups -OCH3 is 2. The Labute approximate surface area is 232 Å². The number of benzene rings is 2. The number of nitrogens with one attached hydrogen (secondary N) is 1. The maximum absolute atomic E-state index is 15.1. The molecule has 0 spiro atoms. The number of nitrogens with zero attached hydrogens (tertiary/aromatic N) is 7. The second kappa shape index (κ2) is 11.0. The molecule has 4 amide bonds. The number of azo groups is 2. The summed E-state index contributed by atoms with van der Waals surface area (Å²) in [6, 6.07) is 6.36. The highest BCUT2D eigenvalue weighted by molar-refractivity contribution is 6.13. The highest BCUT2D eigenvalue weighted by atomic mass is 19.1. The van der Waals surface area contributed by atoms with Crippen LogP contribution < -0.4 is 19.5 Å². The van der Waals surface area contributed by atoms with E-state index in [4.69, 9.17) is 14.2 Å². The zero-order valence-electron chi connectivity index (χ0n) is 22.4. The average molecular weight is 564 g/mol. The molecule has 0 saturated heterocycles. The molecule has 0 aliphatic carbocycles. The first-order valence-corrected chi connectivity index (χ1v) is 12.1. The standard InChI is InChI=1S/C26H23FN8O6/c1-33-13-29-22(31-33)12-35-25(37)23(32-34(2)26(35)38)24(36)30-14-5-6-19(16(27)9-14)41-18-7-8-28-17-11-21(40-4)20(39-3)10-15(17)18/h5-11,13,23H,12H2,1-4H3/p+1. The Bertz CT molecular complexity index is 1720. The van der Waals surface area contributed by atoms with Gasteiger partial charge in [-0.3, -0.25) is 14.5 Å². The van der Waals surface area contributed by atoms with Crippen LogP contribution in [0.4, 0.5) is 14.9 Å². The van der Waals surface area contributed by atoms with Gasteiger partial charge in [-0.05, 0) is 24.3 Å². The Balaban J connectivity index is 1.33. The van der Waals surface area contributed by atoms with Crippen molar-refractivity contribution < 1.29 is 37.7 Å². The van der Waals surface area contributed by atoms with Crippen LogP contribution in [0.2, 0.25) is 0 Å². The summed E-state index contributed by atoms with van der Waals surface area (Å²) in [4.78, 5) is 47.6. The third-order valence-corrected chi connectivity index (χ3v) is 6.12. The number of rotatable bonds is 8. The van der Waals surface area contributed by atoms with Crippen molar-refractivity contribution in [1.29, 1.82) is 0 Å². The van der Waals surface area contributed by atoms with Crippen molar-refractivity contribution >= 4 is 34.4 Å². The third-order valence-electron chi connectivity index (χ3n) is 6.12. The van der Waals surface area contributed by atoms with Gasteiger partial charge in [-0.15, -0.1) is 9.60 Å². The quantitative estimate of drug-likeness (QED) is 0.252. The van der Waals surface area contributed by atoms with Crippen LogP contribution in [0.5, 0.6) is 23.0 Å². The van der Waals surface area contributed by atoms with Crippen LogP contribution in [-0.4, -0.2) is 74.5 Å². The molecule has 0 radical (unpaired) electrons. The van der Waals surface area contributed by atoms with Crippen molar-refractivity contribution in [2.75, 3.05) is 26.6 Å². The molecule has 210 valence electrons. The van der Waals surface area contributed by atoms with Crippen molar-refractivity contribution in [3.8, 4) is 23.0 Å². The van der Waals surface area contributed by atoms with Crippen molar-refractivity contribution in [3.05, 3.63) is 60.6 Å². The van der Waals surface area contributed by atoms with Crippen LogP contribution in [0.15, 0.2) is 54.0 Å². The first-order valence-electron chi connectivity index (χ1n) is 12.1. The fourth-order valence-corrected chi connectivity index (χ4v) is 4.12. The second-order valence-electron chi connectivity index (χ2n) is 8.85. The predicted octanol–water partition coefficient (Wildman–Crippen LogP) is 2.88. The van der Waals surface area contributed by atoms with Crippen LogP contribution in [0, 0.1) is 5.82 Å². The van der Waals surface area contributed by atoms with Crippen molar-refractivity contribution in [2.24, 2.45) is 12.2 Å². The maximum Gasteiger partial charge on any atom is 0.521 e. The van der Waals surface area contributed by atoms with E-state index in [1.54, 1.807) is 25.2 Å². The van der Waals surface area contributed by atoms with Gasteiger partial charge in [-0.25, -0.2) is 14.2 Å². The number of anilines is 1. The minimum Gasteiger partial charge on any atom is -0.493 e. The number of carbonyl (C=O) groups is 3. The Hall–Kier alpha value is -5.47. The van der Waals surface area contributed by atoms with Gasteiger partial charge in [0, 0.05) is 36.5 Å². The summed E-state index contributed by atoms with van der Waals surface area (Å²) < 4.78 is 33.9. The minimum atomic E-state index is -1.59. The van der Waals surface area contributed by atoms with Crippen LogP contribution in [0.3, 0.4) is 0 Å². The Morgan fingerprint density at radius 3 is 2.49 bits per heavy atom. The van der Waals surface area contributed by atoms with Gasteiger partial charge in [0.05, 0.1) is 19.7 Å². The van der Waals surface area contributed by atoms with E-state index in [1.807, 2.05) is 0 Å². The molecule has 15 heteroatoms. The summed E-state index contributed by atoms with van der Waals surface area (Å²) >= 11 is 0. The number of fused-ring (bicyclic) bond motifs is 1. The summed E-state index contributed by atoms with van der Waals surface area (Å²) in [5.41, 5.74) is 0.591. The molecular weight excluding hydrogens is 539 g/mol. The van der Waals surface area contributed by atoms with E-state index in [2.05, 4.69) is 25.5 Å². The fraction of sp³-hybridized carbons (Fsp3) is 0.231. The molecule has 3 heterocycles. The number of urea groups is 1. The average Bonchev–Trinajstić information content (AvgIpc) is 3.38. The van der Waals surface area contributed by atoms with E-state index in [9.17, 15) is 14.4 Å². The monoisotopic (exact) mass is 563 g/mol. The SMILES string of the molecule is COc1cc2nccc(Oc3ccc(NC(=O)C4N=[N+](C)C(=O)N(Cc5ncn(C)n5)C4=O)cc3F)c2cc1OC. The van der Waals surface area contributed by atoms with Crippen LogP contribution >= 0.6 is 0 Å². The first-order chi connectivity index (χ1) is 19.7. The molecule has 4 aromatic rings. The normalized spacial score (nSPS) is 15.1. The number of aryl methyl sites for hydroxylation is 1. The lowest BCUT2D eigenvalue weighted by Gasteiger charge is -2.20. The predicted molar refractivity (Wildman–Crippen MR) is 139 cm³/mol. The summed E-state index contributed by atoms with van der Waals surface area (Å²) in [6.07, 6.45) is 2.93. The molecule has 1 unspecified atom stereocenters. The Morgan fingerprint density at radius 1 is 1.05 bits per heavy atom. The van der Waals surface area contributed by atoms with Gasteiger partial charge in [0.25, 0.3) is 11.9 Å². The summed E-state index contributed by atoms with van der Waals surface area (Å²) in [5, 5.41) is 11.0. The molecule has 0 fully saturated rings. The summed E-state index contributed by atoms with van der Waals surface area (Å²) in [7, 11) is 5.95. The largest absolute Gasteiger partial charge is 0.521 e. The summed E-state index contributed by atoms with van der Waals surface area (Å²) in [6.45, 7) is -0.245. The molecule has 14 nitrogen and oxygen atoms in total. The van der Waals surface area contributed by atoms with Crippen molar-refractivity contribution in [2.45, 2.75) is 12.6 Å². The number of amides is 4. The van der Waals surface area contributed by atoms with E-state index >= 15 is 4.39 Å². The van der Waals surface area contributed by atoms with Gasteiger partial charge in [-0.1, -0.05) is 5.11 Å². The van der Waals surface area contributed by atoms with Gasteiger partial charge in [0.1, 0.15) is 19.1 Å². The van der Waals surface area contributed by atoms with Crippen LogP contribution in [0.1, 0.15) is 5.82 Å². The lowest BCUT2D eigenvalue weighted by molar-refractivity contribution is -0.482. The smallest absolute Gasteiger partial charge is 0.493 e. The van der Waals surface area contributed by atoms with E-state index in [0.29, 0.717) is 28.2 Å². The van der Waals surface area contributed by atoms with E-state index in [0.717, 1.165) is 15.7 Å². The third kappa shape index (κ3) is 5.36. The second-order valence-corrected chi connectivity index (χ2v) is 8.85. The molecule has 1 aliphatic rings. The minimum absolute atomic E-state index is 0.0475. The lowest BCUT2D eigenvalue weighted by Crippen LogP contribution is -2.53. The van der Waals surface area contributed by atoms with Crippen molar-refractivity contribution in [3.63, 3.8) is 0 Å². The van der Waals surface area contributed by atoms with Gasteiger partial charge >= 0.3 is 11.9 Å². The van der Waals surface area contributed by atoms with E-state index < -0.39 is 29.7 Å². The molecular formula is C26H24FN8O6+. The Kier molecular flexibility index (Phi) is 7.24. The number of ether oxygens (including phenoxy) is 3. The molecule has 0 bridgehead atoms. The topological polar surface area (TPSA) is 153 Å². The van der Waals surface area contributed by atoms with Gasteiger partial charge in [0.2, 0.25) is 0 Å². The molecule has 2 aromatic carbocycles. The molecule has 5 rings (SSSR count). The van der Waals surface area contributed by atoms with Crippen molar-refractivity contribution in [1.82, 2.24) is 24.6 Å². The number of hydrogen-bond acceptors (Lipinski definition) is 10. The van der Waals surface area contributed by atoms with Gasteiger partial charge < -0.3 is 19.5 Å². The maximum atomic E-state index is 15.1. The Morgan fingerprint density at radius 2 is 1.80 bits per heavy atom. The van der Waals surface area contributed by atoms with Crippen LogP contribution in [0.25, 0.3) is 10.9 Å². The number of aromatic nitrogens is 4. The van der Waals surface area contributed by atoms with E-state index in [-0.39, 0.29) is 23.8 Å². The zero-order chi connectivity index (χ0) is 29.3. The number of imide groups is 1. The molecule has 1 aliphatic heterocycles. The summed E-state index contributed by atoms with van der Waals surface area (Å²) in [5.74, 6) is -1.18. The zero-order valence-corrected chi connectivity index (χ0v) is 22.4. The number of pyridine rings is 1. The van der Waals surface area contributed by atoms with E-state index in [1.165, 1.54) is 50.6 Å². The molecule has 0 saturated carbocycles. The van der Waals surface area contributed by atoms with Gasteiger partial charge in [0.15, 0.2) is 35.4 Å². The highest BCUT2D eigenvalue weighted by Crippen LogP contribution is 2.37. The lowest BCUT2D eigenvalue weighted by atomic mass is 10.1. The fourth-order valence-electron chi connectivity index (χ4n) is 4.12. The first kappa shape index (κ1) is 27.1. The molecule has 1 atom stereocenters. The number of carbonyl (C=O) groups excluding carboxylic acids is 3. The number of halogens is 1. The molecule has 2 aromatic heterocycles. The van der Waals surface area contributed by atoms with Gasteiger partial charge in [-0.2, -0.15) is 9.89 Å². The highest BCUT2D eigenvalue weighted by Gasteiger charge is 2.47. The molecule has 41 heavy (non-hydrogen) atoms. The number of hydrogen-bond donors (Lipinski definition) is 1. The molecule has 1 N–H and O–H groups in total.